The summed E-state index contributed by atoms with van der Waals surface area (Å²) < 4.78 is 5.19. The van der Waals surface area contributed by atoms with E-state index in [1.165, 1.54) is 11.1 Å². The average molecular weight is 228 g/mol. The summed E-state index contributed by atoms with van der Waals surface area (Å²) in [4.78, 5) is 0. The van der Waals surface area contributed by atoms with Crippen molar-refractivity contribution in [3.05, 3.63) is 28.3 Å². The predicted octanol–water partition coefficient (Wildman–Crippen LogP) is 2.80. The molecule has 0 saturated carbocycles. The van der Waals surface area contributed by atoms with Crippen molar-refractivity contribution in [1.82, 2.24) is 0 Å². The minimum Gasteiger partial charge on any atom is -0.495 e. The molecule has 0 aromatic heterocycles. The fraction of sp³-hybridized carbons (Fsp3) is 0.500. The molecule has 3 heteroatoms. The van der Waals surface area contributed by atoms with Crippen LogP contribution in [0.25, 0.3) is 0 Å². The molecule has 2 N–H and O–H groups in total. The maximum Gasteiger partial charge on any atom is 0.137 e. The van der Waals surface area contributed by atoms with Crippen molar-refractivity contribution in [2.45, 2.75) is 26.2 Å². The maximum atomic E-state index is 6.08. The molecular formula is C12H18ClNO. The van der Waals surface area contributed by atoms with Gasteiger partial charge in [-0.05, 0) is 49.1 Å². The van der Waals surface area contributed by atoms with Crippen LogP contribution in [-0.4, -0.2) is 13.7 Å². The average Bonchev–Trinajstić information content (AvgIpc) is 2.26. The Kier molecular flexibility index (Phi) is 4.92. The second kappa shape index (κ2) is 5.99. The Bertz CT molecular complexity index is 326. The zero-order valence-corrected chi connectivity index (χ0v) is 10.1. The minimum atomic E-state index is 0.682. The molecule has 84 valence electrons. The van der Waals surface area contributed by atoms with Gasteiger partial charge in [0.05, 0.1) is 12.1 Å². The van der Waals surface area contributed by atoms with Crippen LogP contribution in [0.15, 0.2) is 12.1 Å². The molecule has 1 rings (SSSR count). The zero-order valence-electron chi connectivity index (χ0n) is 9.35. The molecule has 0 aliphatic heterocycles. The number of methoxy groups -OCH3 is 1. The van der Waals surface area contributed by atoms with Gasteiger partial charge >= 0.3 is 0 Å². The van der Waals surface area contributed by atoms with Gasteiger partial charge in [-0.25, -0.2) is 0 Å². The van der Waals surface area contributed by atoms with Crippen molar-refractivity contribution >= 4 is 11.6 Å². The molecular weight excluding hydrogens is 210 g/mol. The number of aryl methyl sites for hydroxylation is 2. The second-order valence-corrected chi connectivity index (χ2v) is 3.91. The number of ether oxygens (including phenoxy) is 1. The third-order valence-electron chi connectivity index (χ3n) is 2.51. The normalized spacial score (nSPS) is 10.4. The zero-order chi connectivity index (χ0) is 11.3. The van der Waals surface area contributed by atoms with Crippen LogP contribution in [0.4, 0.5) is 0 Å². The van der Waals surface area contributed by atoms with Crippen molar-refractivity contribution < 1.29 is 4.74 Å². The summed E-state index contributed by atoms with van der Waals surface area (Å²) >= 11 is 6.08. The van der Waals surface area contributed by atoms with E-state index in [9.17, 15) is 0 Å². The van der Waals surface area contributed by atoms with E-state index < -0.39 is 0 Å². The van der Waals surface area contributed by atoms with Gasteiger partial charge in [0.15, 0.2) is 0 Å². The quantitative estimate of drug-likeness (QED) is 0.840. The standard InChI is InChI=1S/C12H18ClNO/c1-3-9-8-12(15-2)11(13)7-10(9)5-4-6-14/h7-8H,3-6,14H2,1-2H3. The Morgan fingerprint density at radius 1 is 1.33 bits per heavy atom. The summed E-state index contributed by atoms with van der Waals surface area (Å²) in [6.07, 6.45) is 2.98. The number of nitrogens with two attached hydrogens (primary N) is 1. The van der Waals surface area contributed by atoms with Gasteiger partial charge in [-0.3, -0.25) is 0 Å². The van der Waals surface area contributed by atoms with Crippen LogP contribution in [0, 0.1) is 0 Å². The van der Waals surface area contributed by atoms with E-state index in [2.05, 4.69) is 6.92 Å². The molecule has 0 bridgehead atoms. The number of benzene rings is 1. The van der Waals surface area contributed by atoms with E-state index >= 15 is 0 Å². The predicted molar refractivity (Wildman–Crippen MR) is 64.8 cm³/mol. The molecule has 0 radical (unpaired) electrons. The van der Waals surface area contributed by atoms with E-state index in [4.69, 9.17) is 22.1 Å². The van der Waals surface area contributed by atoms with Crippen LogP contribution in [0.1, 0.15) is 24.5 Å². The Balaban J connectivity index is 2.98. The van der Waals surface area contributed by atoms with Gasteiger partial charge in [0.25, 0.3) is 0 Å². The third-order valence-corrected chi connectivity index (χ3v) is 2.80. The molecule has 15 heavy (non-hydrogen) atoms. The van der Waals surface area contributed by atoms with Gasteiger partial charge < -0.3 is 10.5 Å². The maximum absolute atomic E-state index is 6.08. The van der Waals surface area contributed by atoms with E-state index in [1.807, 2.05) is 12.1 Å². The van der Waals surface area contributed by atoms with E-state index in [0.29, 0.717) is 11.6 Å². The molecule has 0 aliphatic rings. The van der Waals surface area contributed by atoms with Gasteiger partial charge in [0.2, 0.25) is 0 Å². The van der Waals surface area contributed by atoms with Crippen molar-refractivity contribution in [2.24, 2.45) is 5.73 Å². The Morgan fingerprint density at radius 2 is 2.07 bits per heavy atom. The van der Waals surface area contributed by atoms with Crippen LogP contribution < -0.4 is 10.5 Å². The lowest BCUT2D eigenvalue weighted by Crippen LogP contribution is -2.02. The highest BCUT2D eigenvalue weighted by Crippen LogP contribution is 2.29. The first-order valence-corrected chi connectivity index (χ1v) is 5.66. The van der Waals surface area contributed by atoms with Crippen LogP contribution in [-0.2, 0) is 12.8 Å². The van der Waals surface area contributed by atoms with Crippen LogP contribution >= 0.6 is 11.6 Å². The van der Waals surface area contributed by atoms with Gasteiger partial charge in [0.1, 0.15) is 5.75 Å². The van der Waals surface area contributed by atoms with E-state index in [1.54, 1.807) is 7.11 Å². The molecule has 0 atom stereocenters. The Hall–Kier alpha value is -0.730. The summed E-state index contributed by atoms with van der Waals surface area (Å²) in [6, 6.07) is 4.02. The van der Waals surface area contributed by atoms with Crippen LogP contribution in [0.3, 0.4) is 0 Å². The Morgan fingerprint density at radius 3 is 2.60 bits per heavy atom. The summed E-state index contributed by atoms with van der Waals surface area (Å²) in [6.45, 7) is 2.85. The molecule has 0 heterocycles. The van der Waals surface area contributed by atoms with Gasteiger partial charge in [-0.15, -0.1) is 0 Å². The summed E-state index contributed by atoms with van der Waals surface area (Å²) in [5.41, 5.74) is 8.09. The number of hydrogen-bond donors (Lipinski definition) is 1. The first-order chi connectivity index (χ1) is 7.22. The fourth-order valence-corrected chi connectivity index (χ4v) is 1.91. The number of rotatable bonds is 5. The van der Waals surface area contributed by atoms with Crippen molar-refractivity contribution in [1.29, 1.82) is 0 Å². The SMILES string of the molecule is CCc1cc(OC)c(Cl)cc1CCCN. The van der Waals surface area contributed by atoms with Gasteiger partial charge in [-0.2, -0.15) is 0 Å². The first-order valence-electron chi connectivity index (χ1n) is 5.28. The summed E-state index contributed by atoms with van der Waals surface area (Å²) in [5, 5.41) is 0.682. The molecule has 0 fully saturated rings. The molecule has 2 nitrogen and oxygen atoms in total. The summed E-state index contributed by atoms with van der Waals surface area (Å²) in [5.74, 6) is 0.755. The highest BCUT2D eigenvalue weighted by atomic mass is 35.5. The fourth-order valence-electron chi connectivity index (χ4n) is 1.65. The molecule has 1 aromatic carbocycles. The Labute approximate surface area is 96.4 Å². The molecule has 0 spiro atoms. The highest BCUT2D eigenvalue weighted by Gasteiger charge is 2.07. The monoisotopic (exact) mass is 227 g/mol. The molecule has 0 aliphatic carbocycles. The lowest BCUT2D eigenvalue weighted by atomic mass is 10.0. The van der Waals surface area contributed by atoms with Crippen molar-refractivity contribution in [3.8, 4) is 5.75 Å². The molecule has 0 amide bonds. The lowest BCUT2D eigenvalue weighted by Gasteiger charge is -2.11. The third kappa shape index (κ3) is 3.11. The topological polar surface area (TPSA) is 35.2 Å². The van der Waals surface area contributed by atoms with Crippen molar-refractivity contribution in [3.63, 3.8) is 0 Å². The van der Waals surface area contributed by atoms with E-state index in [0.717, 1.165) is 25.0 Å². The summed E-state index contributed by atoms with van der Waals surface area (Å²) in [7, 11) is 1.64. The smallest absolute Gasteiger partial charge is 0.137 e. The van der Waals surface area contributed by atoms with E-state index in [-0.39, 0.29) is 0 Å². The first kappa shape index (κ1) is 12.3. The van der Waals surface area contributed by atoms with Gasteiger partial charge in [0, 0.05) is 0 Å². The molecule has 0 unspecified atom stereocenters. The molecule has 1 aromatic rings. The number of hydrogen-bond acceptors (Lipinski definition) is 2. The minimum absolute atomic E-state index is 0.682. The van der Waals surface area contributed by atoms with Crippen LogP contribution in [0.2, 0.25) is 5.02 Å². The highest BCUT2D eigenvalue weighted by molar-refractivity contribution is 6.32. The second-order valence-electron chi connectivity index (χ2n) is 3.50. The largest absolute Gasteiger partial charge is 0.495 e. The lowest BCUT2D eigenvalue weighted by molar-refractivity contribution is 0.414. The molecule has 0 saturated heterocycles. The van der Waals surface area contributed by atoms with Gasteiger partial charge in [-0.1, -0.05) is 18.5 Å². The van der Waals surface area contributed by atoms with Crippen molar-refractivity contribution in [2.75, 3.05) is 13.7 Å². The van der Waals surface area contributed by atoms with Crippen LogP contribution in [0.5, 0.6) is 5.75 Å². The number of halogens is 1.